The lowest BCUT2D eigenvalue weighted by Gasteiger charge is -2.47. The molecule has 2 aromatic heterocycles. The zero-order valence-electron chi connectivity index (χ0n) is 17.5. The fourth-order valence-electron chi connectivity index (χ4n) is 4.67. The van der Waals surface area contributed by atoms with Crippen LogP contribution >= 0.6 is 0 Å². The molecular weight excluding hydrogens is 398 g/mol. The number of likely N-dealkylation sites (tertiary alicyclic amines) is 1. The largest absolute Gasteiger partial charge is 0.384 e. The van der Waals surface area contributed by atoms with Crippen LogP contribution < -0.4 is 16.6 Å². The summed E-state index contributed by atoms with van der Waals surface area (Å²) in [7, 11) is 0. The minimum atomic E-state index is -0.241. The van der Waals surface area contributed by atoms with Crippen molar-refractivity contribution in [2.75, 3.05) is 38.6 Å². The number of pyridine rings is 2. The van der Waals surface area contributed by atoms with Gasteiger partial charge in [-0.25, -0.2) is 4.98 Å². The van der Waals surface area contributed by atoms with Crippen LogP contribution in [-0.2, 0) is 9.53 Å². The number of piperidine rings is 1. The molecule has 2 amide bonds. The Hall–Kier alpha value is -3.20. The number of amides is 2. The van der Waals surface area contributed by atoms with Gasteiger partial charge in [-0.2, -0.15) is 0 Å². The van der Waals surface area contributed by atoms with Crippen molar-refractivity contribution in [1.82, 2.24) is 19.8 Å². The second kappa shape index (κ2) is 8.89. The Balaban J connectivity index is 1.60. The Morgan fingerprint density at radius 1 is 1.23 bits per heavy atom. The molecule has 0 unspecified atom stereocenters. The van der Waals surface area contributed by atoms with Gasteiger partial charge in [0.05, 0.1) is 6.04 Å². The monoisotopic (exact) mass is 425 g/mol. The van der Waals surface area contributed by atoms with Crippen molar-refractivity contribution in [3.8, 4) is 0 Å². The molecule has 0 saturated carbocycles. The Morgan fingerprint density at radius 2 is 2.03 bits per heavy atom. The number of aromatic nitrogens is 2. The van der Waals surface area contributed by atoms with Gasteiger partial charge >= 0.3 is 0 Å². The number of carbonyl (C=O) groups is 2. The van der Waals surface area contributed by atoms with Crippen LogP contribution in [0.25, 0.3) is 0 Å². The van der Waals surface area contributed by atoms with E-state index in [0.29, 0.717) is 37.8 Å². The van der Waals surface area contributed by atoms with Crippen LogP contribution in [0.5, 0.6) is 0 Å². The van der Waals surface area contributed by atoms with Gasteiger partial charge in [0, 0.05) is 43.9 Å². The lowest BCUT2D eigenvalue weighted by molar-refractivity contribution is -0.125. The normalized spacial score (nSPS) is 22.0. The van der Waals surface area contributed by atoms with Gasteiger partial charge in [-0.1, -0.05) is 12.1 Å². The number of nitrogen functional groups attached to an aromatic ring is 1. The molecule has 2 bridgehead atoms. The van der Waals surface area contributed by atoms with E-state index in [-0.39, 0.29) is 41.9 Å². The van der Waals surface area contributed by atoms with E-state index in [1.807, 2.05) is 13.0 Å². The second-order valence-electron chi connectivity index (χ2n) is 8.02. The van der Waals surface area contributed by atoms with Gasteiger partial charge in [-0.15, -0.1) is 0 Å². The molecule has 0 spiro atoms. The second-order valence-corrected chi connectivity index (χ2v) is 8.02. The molecule has 3 N–H and O–H groups in total. The third kappa shape index (κ3) is 4.32. The number of carbonyl (C=O) groups excluding carboxylic acids is 2. The fraction of sp³-hybridized carbons (Fsp3) is 0.455. The molecule has 0 radical (unpaired) electrons. The number of fused-ring (bicyclic) bond motifs is 4. The average Bonchev–Trinajstić information content (AvgIpc) is 2.77. The highest BCUT2D eigenvalue weighted by atomic mass is 16.5. The fourth-order valence-corrected chi connectivity index (χ4v) is 4.67. The van der Waals surface area contributed by atoms with Crippen LogP contribution in [0.2, 0.25) is 0 Å². The van der Waals surface area contributed by atoms with Crippen molar-refractivity contribution in [3.63, 3.8) is 0 Å². The van der Waals surface area contributed by atoms with E-state index >= 15 is 0 Å². The number of ether oxygens (including phenoxy) is 1. The Kier molecular flexibility index (Phi) is 6.03. The zero-order chi connectivity index (χ0) is 22.0. The molecule has 9 nitrogen and oxygen atoms in total. The lowest BCUT2D eigenvalue weighted by atomic mass is 9.78. The van der Waals surface area contributed by atoms with E-state index in [9.17, 15) is 14.4 Å². The molecule has 4 rings (SSSR count). The first kappa shape index (κ1) is 21.0. The molecule has 0 aromatic carbocycles. The number of nitrogens with one attached hydrogen (secondary N) is 1. The van der Waals surface area contributed by atoms with E-state index in [1.54, 1.807) is 39.8 Å². The van der Waals surface area contributed by atoms with E-state index in [1.165, 1.54) is 0 Å². The third-order valence-corrected chi connectivity index (χ3v) is 6.02. The summed E-state index contributed by atoms with van der Waals surface area (Å²) in [5.41, 5.74) is 6.87. The van der Waals surface area contributed by atoms with Crippen molar-refractivity contribution in [1.29, 1.82) is 0 Å². The topological polar surface area (TPSA) is 120 Å². The van der Waals surface area contributed by atoms with Gasteiger partial charge in [-0.05, 0) is 37.5 Å². The van der Waals surface area contributed by atoms with Crippen molar-refractivity contribution < 1.29 is 14.3 Å². The van der Waals surface area contributed by atoms with Crippen molar-refractivity contribution in [3.05, 3.63) is 58.1 Å². The maximum Gasteiger partial charge on any atom is 0.272 e. The number of nitrogens with two attached hydrogens (primary N) is 1. The maximum absolute atomic E-state index is 13.1. The first-order chi connectivity index (χ1) is 15.0. The highest BCUT2D eigenvalue weighted by molar-refractivity contribution is 5.92. The molecule has 2 aliphatic heterocycles. The first-order valence-corrected chi connectivity index (χ1v) is 10.6. The molecule has 0 aliphatic carbocycles. The highest BCUT2D eigenvalue weighted by Gasteiger charge is 2.42. The van der Waals surface area contributed by atoms with E-state index in [2.05, 4.69) is 10.3 Å². The van der Waals surface area contributed by atoms with Crippen molar-refractivity contribution >= 4 is 17.6 Å². The smallest absolute Gasteiger partial charge is 0.272 e. The summed E-state index contributed by atoms with van der Waals surface area (Å²) in [6, 6.07) is 10.0. The number of nitrogens with zero attached hydrogens (tertiary/aromatic N) is 3. The van der Waals surface area contributed by atoms with Gasteiger partial charge in [0.25, 0.3) is 11.5 Å². The highest BCUT2D eigenvalue weighted by Crippen LogP contribution is 2.41. The zero-order valence-corrected chi connectivity index (χ0v) is 17.5. The Labute approximate surface area is 180 Å². The average molecular weight is 425 g/mol. The summed E-state index contributed by atoms with van der Waals surface area (Å²) in [5, 5.41) is 2.89. The van der Waals surface area contributed by atoms with Crippen LogP contribution in [0.15, 0.2) is 41.2 Å². The van der Waals surface area contributed by atoms with Crippen LogP contribution in [-0.4, -0.2) is 59.1 Å². The number of rotatable bonds is 6. The first-order valence-electron chi connectivity index (χ1n) is 10.6. The standard InChI is InChI=1S/C22H27N5O4/c1-2-31-13-20(28)24-10-18-15-9-14(17-6-4-8-21(29)27(17)18)11-26(12-15)22(30)16-5-3-7-19(23)25-16/h3-8,14-15,18H,2,9-13H2,1H3,(H2,23,25)(H,24,28)/t14-,15+,18+/m1/s1. The minimum Gasteiger partial charge on any atom is -0.384 e. The van der Waals surface area contributed by atoms with Crippen molar-refractivity contribution in [2.24, 2.45) is 5.92 Å². The molecular formula is C22H27N5O4. The molecule has 1 saturated heterocycles. The Bertz CT molecular complexity index is 1040. The summed E-state index contributed by atoms with van der Waals surface area (Å²) in [6.45, 7) is 3.57. The minimum absolute atomic E-state index is 0.0151. The molecule has 164 valence electrons. The van der Waals surface area contributed by atoms with Gasteiger partial charge < -0.3 is 25.3 Å². The van der Waals surface area contributed by atoms with Crippen LogP contribution in [0.4, 0.5) is 5.82 Å². The van der Waals surface area contributed by atoms with E-state index < -0.39 is 0 Å². The SMILES string of the molecule is CCOCC(=O)NC[C@H]1[C@H]2C[C@H](CN(C(=O)c3cccc(N)n3)C2)c2cccc(=O)n21. The Morgan fingerprint density at radius 3 is 2.81 bits per heavy atom. The molecule has 1 fully saturated rings. The summed E-state index contributed by atoms with van der Waals surface area (Å²) in [5.74, 6) is -0.0123. The van der Waals surface area contributed by atoms with Crippen LogP contribution in [0.1, 0.15) is 41.5 Å². The summed E-state index contributed by atoms with van der Waals surface area (Å²) in [4.78, 5) is 43.9. The lowest BCUT2D eigenvalue weighted by Crippen LogP contribution is -2.53. The predicted octanol–water partition coefficient (Wildman–Crippen LogP) is 0.779. The van der Waals surface area contributed by atoms with Gasteiger partial charge in [-0.3, -0.25) is 14.4 Å². The third-order valence-electron chi connectivity index (χ3n) is 6.02. The molecule has 2 aromatic rings. The summed E-state index contributed by atoms with van der Waals surface area (Å²) >= 11 is 0. The number of hydrogen-bond acceptors (Lipinski definition) is 6. The number of hydrogen-bond donors (Lipinski definition) is 2. The van der Waals surface area contributed by atoms with Crippen LogP contribution in [0.3, 0.4) is 0 Å². The quantitative estimate of drug-likeness (QED) is 0.706. The molecule has 31 heavy (non-hydrogen) atoms. The molecule has 2 aliphatic rings. The van der Waals surface area contributed by atoms with Gasteiger partial charge in [0.1, 0.15) is 18.1 Å². The molecule has 9 heteroatoms. The van der Waals surface area contributed by atoms with Crippen molar-refractivity contribution in [2.45, 2.75) is 25.3 Å². The molecule has 4 heterocycles. The summed E-state index contributed by atoms with van der Waals surface area (Å²) in [6.07, 6.45) is 0.851. The van der Waals surface area contributed by atoms with Gasteiger partial charge in [0.15, 0.2) is 0 Å². The van der Waals surface area contributed by atoms with Crippen LogP contribution in [0, 0.1) is 5.92 Å². The number of anilines is 1. The maximum atomic E-state index is 13.1. The van der Waals surface area contributed by atoms with E-state index in [4.69, 9.17) is 10.5 Å². The van der Waals surface area contributed by atoms with Gasteiger partial charge in [0.2, 0.25) is 5.91 Å². The molecule has 3 atom stereocenters. The predicted molar refractivity (Wildman–Crippen MR) is 115 cm³/mol. The van der Waals surface area contributed by atoms with E-state index in [0.717, 1.165) is 12.1 Å². The summed E-state index contributed by atoms with van der Waals surface area (Å²) < 4.78 is 6.96.